The number of halogens is 3. The third-order valence-corrected chi connectivity index (χ3v) is 6.23. The van der Waals surface area contributed by atoms with Gasteiger partial charge in [0.05, 0.1) is 32.2 Å². The van der Waals surface area contributed by atoms with Crippen molar-refractivity contribution in [2.24, 2.45) is 5.10 Å². The van der Waals surface area contributed by atoms with Crippen molar-refractivity contribution in [3.63, 3.8) is 0 Å². The number of carboxylic acids is 1. The Labute approximate surface area is 215 Å². The topological polar surface area (TPSA) is 93.8 Å². The van der Waals surface area contributed by atoms with E-state index in [-0.39, 0.29) is 17.7 Å². The van der Waals surface area contributed by atoms with Crippen LogP contribution in [-0.4, -0.2) is 27.0 Å². The van der Waals surface area contributed by atoms with Crippen LogP contribution in [0, 0.1) is 6.92 Å². The fourth-order valence-corrected chi connectivity index (χ4v) is 4.61. The Morgan fingerprint density at radius 1 is 1.21 bits per heavy atom. The molecule has 1 aromatic heterocycles. The maximum atomic E-state index is 12.9. The van der Waals surface area contributed by atoms with E-state index in [9.17, 15) is 9.59 Å². The zero-order valence-corrected chi connectivity index (χ0v) is 21.6. The van der Waals surface area contributed by atoms with E-state index in [1.54, 1.807) is 49.4 Å². The largest absolute Gasteiger partial charge is 0.486 e. The number of fused-ring (bicyclic) bond motifs is 1. The molecule has 1 heterocycles. The third-order valence-electron chi connectivity index (χ3n) is 4.87. The highest BCUT2D eigenvalue weighted by atomic mass is 79.9. The summed E-state index contributed by atoms with van der Waals surface area (Å²) in [6.07, 6.45) is 1.51. The SMILES string of the molecule is Cc1nc2ccc(Br)cc2c(=O)n1N=Cc1cc(Cl)c(OCc2cccc(C(=O)O)c2)c(Br)c1. The fraction of sp³-hybridized carbons (Fsp3) is 0.0833. The first-order valence-corrected chi connectivity index (χ1v) is 11.9. The van der Waals surface area contributed by atoms with Crippen LogP contribution < -0.4 is 10.3 Å². The molecule has 0 fully saturated rings. The predicted octanol–water partition coefficient (Wildman–Crippen LogP) is 6.04. The van der Waals surface area contributed by atoms with Gasteiger partial charge in [0.15, 0.2) is 5.75 Å². The van der Waals surface area contributed by atoms with Crippen molar-refractivity contribution in [3.8, 4) is 5.75 Å². The molecule has 0 saturated carbocycles. The number of aryl methyl sites for hydroxylation is 1. The van der Waals surface area contributed by atoms with E-state index in [1.807, 2.05) is 6.07 Å². The van der Waals surface area contributed by atoms with Gasteiger partial charge in [0.2, 0.25) is 0 Å². The van der Waals surface area contributed by atoms with Crippen molar-refractivity contribution in [2.75, 3.05) is 0 Å². The minimum absolute atomic E-state index is 0.139. The Bertz CT molecular complexity index is 1500. The summed E-state index contributed by atoms with van der Waals surface area (Å²) in [5.74, 6) is -0.150. The van der Waals surface area contributed by atoms with Crippen LogP contribution in [0.25, 0.3) is 10.9 Å². The van der Waals surface area contributed by atoms with Crippen LogP contribution in [0.2, 0.25) is 5.02 Å². The van der Waals surface area contributed by atoms with Crippen molar-refractivity contribution >= 4 is 66.5 Å². The second kappa shape index (κ2) is 10.1. The first-order valence-electron chi connectivity index (χ1n) is 9.90. The summed E-state index contributed by atoms with van der Waals surface area (Å²) in [6.45, 7) is 1.85. The number of carboxylic acid groups (broad SMARTS) is 1. The molecule has 4 rings (SSSR count). The van der Waals surface area contributed by atoms with Crippen LogP contribution in [-0.2, 0) is 6.61 Å². The van der Waals surface area contributed by atoms with E-state index in [0.29, 0.717) is 43.1 Å². The Morgan fingerprint density at radius 2 is 2.00 bits per heavy atom. The van der Waals surface area contributed by atoms with Gasteiger partial charge in [-0.1, -0.05) is 39.7 Å². The van der Waals surface area contributed by atoms with E-state index < -0.39 is 5.97 Å². The monoisotopic (exact) mass is 603 g/mol. The van der Waals surface area contributed by atoms with Crippen molar-refractivity contribution < 1.29 is 14.6 Å². The molecule has 0 aliphatic carbocycles. The van der Waals surface area contributed by atoms with Crippen LogP contribution in [0.5, 0.6) is 5.75 Å². The fourth-order valence-electron chi connectivity index (χ4n) is 3.26. The molecule has 0 saturated heterocycles. The minimum Gasteiger partial charge on any atom is -0.486 e. The lowest BCUT2D eigenvalue weighted by Gasteiger charge is -2.11. The first kappa shape index (κ1) is 24.1. The number of hydrogen-bond donors (Lipinski definition) is 1. The molecule has 4 aromatic rings. The number of benzene rings is 3. The lowest BCUT2D eigenvalue weighted by atomic mass is 10.1. The smallest absolute Gasteiger partial charge is 0.335 e. The van der Waals surface area contributed by atoms with Crippen LogP contribution in [0.1, 0.15) is 27.3 Å². The van der Waals surface area contributed by atoms with E-state index in [0.717, 1.165) is 4.47 Å². The average Bonchev–Trinajstić information content (AvgIpc) is 2.79. The van der Waals surface area contributed by atoms with Gasteiger partial charge in [-0.3, -0.25) is 4.79 Å². The zero-order chi connectivity index (χ0) is 24.4. The lowest BCUT2D eigenvalue weighted by Crippen LogP contribution is -2.20. The van der Waals surface area contributed by atoms with Crippen molar-refractivity contribution in [1.29, 1.82) is 0 Å². The molecule has 1 N–H and O–H groups in total. The van der Waals surface area contributed by atoms with Crippen LogP contribution in [0.4, 0.5) is 0 Å². The molecule has 0 amide bonds. The maximum absolute atomic E-state index is 12.9. The summed E-state index contributed by atoms with van der Waals surface area (Å²) in [5.41, 5.74) is 1.82. The van der Waals surface area contributed by atoms with Crippen molar-refractivity contribution in [3.05, 3.63) is 101 Å². The van der Waals surface area contributed by atoms with Crippen LogP contribution in [0.15, 0.2) is 73.4 Å². The molecule has 0 aliphatic rings. The molecule has 3 aromatic carbocycles. The number of aromatic carboxylic acids is 1. The molecular formula is C24H16Br2ClN3O4. The van der Waals surface area contributed by atoms with Crippen molar-refractivity contribution in [1.82, 2.24) is 9.66 Å². The van der Waals surface area contributed by atoms with Gasteiger partial charge in [-0.05, 0) is 76.4 Å². The average molecular weight is 606 g/mol. The second-order valence-corrected chi connectivity index (χ2v) is 9.47. The van der Waals surface area contributed by atoms with Gasteiger partial charge in [-0.15, -0.1) is 0 Å². The van der Waals surface area contributed by atoms with Gasteiger partial charge in [-0.25, -0.2) is 9.78 Å². The minimum atomic E-state index is -1.01. The normalized spacial score (nSPS) is 11.3. The third kappa shape index (κ3) is 5.22. The van der Waals surface area contributed by atoms with Crippen molar-refractivity contribution in [2.45, 2.75) is 13.5 Å². The van der Waals surface area contributed by atoms with Gasteiger partial charge in [-0.2, -0.15) is 9.78 Å². The van der Waals surface area contributed by atoms with Crippen LogP contribution >= 0.6 is 43.5 Å². The van der Waals surface area contributed by atoms with E-state index in [2.05, 4.69) is 41.9 Å². The quantitative estimate of drug-likeness (QED) is 0.271. The second-order valence-electron chi connectivity index (χ2n) is 7.29. The summed E-state index contributed by atoms with van der Waals surface area (Å²) in [4.78, 5) is 28.5. The van der Waals surface area contributed by atoms with Gasteiger partial charge < -0.3 is 9.84 Å². The standard InChI is InChI=1S/C24H16Br2ClN3O4/c1-13-29-21-6-5-17(25)10-18(21)23(31)30(13)28-11-15-8-19(26)22(20(27)9-15)34-12-14-3-2-4-16(7-14)24(32)33/h2-11H,12H2,1H3,(H,32,33). The van der Waals surface area contributed by atoms with Gasteiger partial charge in [0, 0.05) is 4.47 Å². The molecule has 0 spiro atoms. The Balaban J connectivity index is 1.58. The zero-order valence-electron chi connectivity index (χ0n) is 17.6. The summed E-state index contributed by atoms with van der Waals surface area (Å²) in [6, 6.07) is 15.2. The molecule has 7 nitrogen and oxygen atoms in total. The molecule has 172 valence electrons. The van der Waals surface area contributed by atoms with E-state index >= 15 is 0 Å². The van der Waals surface area contributed by atoms with E-state index in [1.165, 1.54) is 17.0 Å². The van der Waals surface area contributed by atoms with Gasteiger partial charge in [0.25, 0.3) is 5.56 Å². The summed E-state index contributed by atoms with van der Waals surface area (Å²) < 4.78 is 8.41. The molecule has 34 heavy (non-hydrogen) atoms. The molecule has 0 aliphatic heterocycles. The molecule has 0 bridgehead atoms. The number of nitrogens with zero attached hydrogens (tertiary/aromatic N) is 3. The number of rotatable bonds is 6. The highest BCUT2D eigenvalue weighted by Gasteiger charge is 2.12. The Hall–Kier alpha value is -3.01. The molecule has 0 atom stereocenters. The summed E-state index contributed by atoms with van der Waals surface area (Å²) in [5, 5.41) is 14.2. The van der Waals surface area contributed by atoms with Gasteiger partial charge in [0.1, 0.15) is 12.4 Å². The summed E-state index contributed by atoms with van der Waals surface area (Å²) in [7, 11) is 0. The number of ether oxygens (including phenoxy) is 1. The Kier molecular flexibility index (Phi) is 7.16. The number of hydrogen-bond acceptors (Lipinski definition) is 5. The first-order chi connectivity index (χ1) is 16.2. The van der Waals surface area contributed by atoms with E-state index in [4.69, 9.17) is 21.4 Å². The highest BCUT2D eigenvalue weighted by molar-refractivity contribution is 9.10. The molecular weight excluding hydrogens is 590 g/mol. The van der Waals surface area contributed by atoms with Crippen LogP contribution in [0.3, 0.4) is 0 Å². The molecule has 0 radical (unpaired) electrons. The summed E-state index contributed by atoms with van der Waals surface area (Å²) >= 11 is 13.3. The number of aromatic nitrogens is 2. The highest BCUT2D eigenvalue weighted by Crippen LogP contribution is 2.34. The number of carbonyl (C=O) groups is 1. The molecule has 10 heteroatoms. The Morgan fingerprint density at radius 3 is 2.74 bits per heavy atom. The predicted molar refractivity (Wildman–Crippen MR) is 138 cm³/mol. The van der Waals surface area contributed by atoms with Gasteiger partial charge >= 0.3 is 5.97 Å². The maximum Gasteiger partial charge on any atom is 0.335 e. The molecule has 0 unspecified atom stereocenters. The lowest BCUT2D eigenvalue weighted by molar-refractivity contribution is 0.0696.